The largest absolute Gasteiger partial charge is 0.504 e. The molecule has 10 atom stereocenters. The predicted octanol–water partition coefficient (Wildman–Crippen LogP) is -0.585. The fraction of sp³-hybridized carbons (Fsp3) is 0.469. The first-order valence-corrected chi connectivity index (χ1v) is 14.8. The highest BCUT2D eigenvalue weighted by Crippen LogP contribution is 2.41. The first-order chi connectivity index (χ1) is 22.9. The quantitative estimate of drug-likeness (QED) is 0.0794. The fourth-order valence-electron chi connectivity index (χ4n) is 4.98. The van der Waals surface area contributed by atoms with Gasteiger partial charge in [-0.25, -0.2) is 4.79 Å². The van der Waals surface area contributed by atoms with Crippen LogP contribution in [0.3, 0.4) is 0 Å². The van der Waals surface area contributed by atoms with Crippen molar-refractivity contribution >= 4 is 18.1 Å². The number of aliphatic hydroxyl groups excluding tert-OH is 6. The third kappa shape index (κ3) is 8.54. The van der Waals surface area contributed by atoms with Crippen LogP contribution in [0.5, 0.6) is 28.7 Å². The Balaban J connectivity index is 1.48. The number of aliphatic hydroxyl groups is 6. The zero-order chi connectivity index (χ0) is 35.1. The van der Waals surface area contributed by atoms with Crippen molar-refractivity contribution in [2.75, 3.05) is 27.4 Å². The van der Waals surface area contributed by atoms with Gasteiger partial charge in [-0.15, -0.1) is 0 Å². The standard InChI is InChI=1S/C32H40O16/c1-15-24(37)26(39)28(41)31(45-15)48-30-27(40)25(38)22(14-33)46-32(30)47-29-20(42-2)12-17(13-21(29)43-3)5-4-10-44-23(36)9-7-16-6-8-18(34)19(35)11-16/h4-9,11-13,15,22,24-28,30-35,37-41H,10,14H2,1-3H3/b5-4+,9-7+/t15?,22?,24?,25-,26?,27+,28?,30?,31?,32+/m1/s1. The second-order valence-corrected chi connectivity index (χ2v) is 11.0. The fourth-order valence-corrected chi connectivity index (χ4v) is 4.98. The molecular formula is C32H40O16. The van der Waals surface area contributed by atoms with Crippen molar-refractivity contribution in [3.63, 3.8) is 0 Å². The molecule has 0 saturated carbocycles. The molecule has 16 heteroatoms. The number of hydrogen-bond donors (Lipinski definition) is 8. The highest BCUT2D eigenvalue weighted by atomic mass is 16.8. The second-order valence-electron chi connectivity index (χ2n) is 11.0. The van der Waals surface area contributed by atoms with Gasteiger partial charge in [0.25, 0.3) is 0 Å². The monoisotopic (exact) mass is 680 g/mol. The Kier molecular flexibility index (Phi) is 12.6. The molecule has 2 aromatic carbocycles. The zero-order valence-corrected chi connectivity index (χ0v) is 26.2. The van der Waals surface area contributed by atoms with E-state index in [9.17, 15) is 45.6 Å². The minimum atomic E-state index is -1.74. The Morgan fingerprint density at radius 2 is 1.50 bits per heavy atom. The molecule has 16 nitrogen and oxygen atoms in total. The van der Waals surface area contributed by atoms with Gasteiger partial charge in [0.1, 0.15) is 43.2 Å². The van der Waals surface area contributed by atoms with Crippen LogP contribution in [0.15, 0.2) is 42.5 Å². The van der Waals surface area contributed by atoms with Gasteiger partial charge in [0.2, 0.25) is 12.0 Å². The van der Waals surface area contributed by atoms with Gasteiger partial charge in [0.05, 0.1) is 26.9 Å². The van der Waals surface area contributed by atoms with Crippen LogP contribution >= 0.6 is 0 Å². The van der Waals surface area contributed by atoms with Crippen molar-refractivity contribution in [2.24, 2.45) is 0 Å². The van der Waals surface area contributed by atoms with E-state index in [2.05, 4.69) is 0 Å². The first kappa shape index (κ1) is 36.9. The molecule has 2 aromatic rings. The number of ether oxygens (including phenoxy) is 7. The molecule has 264 valence electrons. The van der Waals surface area contributed by atoms with E-state index < -0.39 is 74.0 Å². The van der Waals surface area contributed by atoms with Crippen molar-refractivity contribution in [3.8, 4) is 28.7 Å². The Hall–Kier alpha value is -3.97. The van der Waals surface area contributed by atoms with Crippen LogP contribution in [-0.2, 0) is 23.7 Å². The molecule has 0 amide bonds. The Morgan fingerprint density at radius 1 is 0.812 bits per heavy atom. The highest BCUT2D eigenvalue weighted by molar-refractivity contribution is 5.87. The van der Waals surface area contributed by atoms with Gasteiger partial charge in [0.15, 0.2) is 35.4 Å². The molecule has 0 aromatic heterocycles. The number of esters is 1. The van der Waals surface area contributed by atoms with E-state index in [0.717, 1.165) is 6.08 Å². The molecule has 2 aliphatic heterocycles. The molecule has 48 heavy (non-hydrogen) atoms. The van der Waals surface area contributed by atoms with Crippen LogP contribution in [0, 0.1) is 0 Å². The summed E-state index contributed by atoms with van der Waals surface area (Å²) in [6, 6.07) is 7.17. The number of phenolic OH excluding ortho intramolecular Hbond substituents is 2. The lowest BCUT2D eigenvalue weighted by Crippen LogP contribution is -2.64. The highest BCUT2D eigenvalue weighted by Gasteiger charge is 2.51. The van der Waals surface area contributed by atoms with Crippen LogP contribution in [0.1, 0.15) is 18.1 Å². The zero-order valence-electron chi connectivity index (χ0n) is 26.2. The number of carbonyl (C=O) groups is 1. The maximum absolute atomic E-state index is 12.1. The normalized spacial score (nSPS) is 30.8. The van der Waals surface area contributed by atoms with Crippen LogP contribution < -0.4 is 14.2 Å². The van der Waals surface area contributed by atoms with Gasteiger partial charge >= 0.3 is 5.97 Å². The average Bonchev–Trinajstić information content (AvgIpc) is 3.08. The third-order valence-corrected chi connectivity index (χ3v) is 7.68. The SMILES string of the molecule is COc1cc(/C=C/COC(=O)/C=C/c2ccc(O)c(O)c2)cc(OC)c1O[C@@H]1OC(CO)[C@@H](O)[C@H](O)C1OC1OC(C)C(O)C(O)C1O. The summed E-state index contributed by atoms with van der Waals surface area (Å²) >= 11 is 0. The lowest BCUT2D eigenvalue weighted by atomic mass is 9.97. The Bertz CT molecular complexity index is 1420. The maximum atomic E-state index is 12.1. The van der Waals surface area contributed by atoms with E-state index in [1.54, 1.807) is 24.3 Å². The minimum absolute atomic E-state index is 0.0261. The Labute approximate surface area is 275 Å². The van der Waals surface area contributed by atoms with Crippen molar-refractivity contribution < 1.29 is 78.8 Å². The van der Waals surface area contributed by atoms with Crippen molar-refractivity contribution in [3.05, 3.63) is 53.6 Å². The predicted molar refractivity (Wildman–Crippen MR) is 164 cm³/mol. The molecule has 2 saturated heterocycles. The molecular weight excluding hydrogens is 640 g/mol. The van der Waals surface area contributed by atoms with Crippen LogP contribution in [-0.4, -0.2) is 136 Å². The number of hydrogen-bond acceptors (Lipinski definition) is 16. The van der Waals surface area contributed by atoms with Gasteiger partial charge in [-0.2, -0.15) is 0 Å². The van der Waals surface area contributed by atoms with Gasteiger partial charge in [-0.05, 0) is 54.5 Å². The lowest BCUT2D eigenvalue weighted by Gasteiger charge is -2.45. The first-order valence-electron chi connectivity index (χ1n) is 14.8. The minimum Gasteiger partial charge on any atom is -0.504 e. The van der Waals surface area contributed by atoms with E-state index >= 15 is 0 Å². The number of methoxy groups -OCH3 is 2. The molecule has 8 N–H and O–H groups in total. The van der Waals surface area contributed by atoms with Crippen LogP contribution in [0.4, 0.5) is 0 Å². The van der Waals surface area contributed by atoms with Gasteiger partial charge in [-0.1, -0.05) is 12.1 Å². The number of phenols is 2. The van der Waals surface area contributed by atoms with E-state index in [-0.39, 0.29) is 35.4 Å². The van der Waals surface area contributed by atoms with Crippen molar-refractivity contribution in [2.45, 2.75) is 68.3 Å². The topological polar surface area (TPSA) is 244 Å². The van der Waals surface area contributed by atoms with Gasteiger partial charge in [0, 0.05) is 6.08 Å². The summed E-state index contributed by atoms with van der Waals surface area (Å²) in [5.74, 6) is -1.05. The summed E-state index contributed by atoms with van der Waals surface area (Å²) < 4.78 is 39.2. The van der Waals surface area contributed by atoms with Crippen molar-refractivity contribution in [1.29, 1.82) is 0 Å². The van der Waals surface area contributed by atoms with Crippen molar-refractivity contribution in [1.82, 2.24) is 0 Å². The number of carbonyl (C=O) groups excluding carboxylic acids is 1. The summed E-state index contributed by atoms with van der Waals surface area (Å²) in [4.78, 5) is 12.1. The maximum Gasteiger partial charge on any atom is 0.331 e. The van der Waals surface area contributed by atoms with Gasteiger partial charge < -0.3 is 74.0 Å². The van der Waals surface area contributed by atoms with Gasteiger partial charge in [-0.3, -0.25) is 0 Å². The summed E-state index contributed by atoms with van der Waals surface area (Å²) in [5, 5.41) is 80.9. The number of rotatable bonds is 12. The molecule has 2 fully saturated rings. The molecule has 4 rings (SSSR count). The van der Waals surface area contributed by atoms with E-state index in [1.165, 1.54) is 45.4 Å². The van der Waals surface area contributed by atoms with E-state index in [0.29, 0.717) is 11.1 Å². The van der Waals surface area contributed by atoms with E-state index in [4.69, 9.17) is 33.2 Å². The molecule has 7 unspecified atom stereocenters. The number of aromatic hydroxyl groups is 2. The third-order valence-electron chi connectivity index (χ3n) is 7.68. The molecule has 0 spiro atoms. The van der Waals surface area contributed by atoms with Crippen LogP contribution in [0.2, 0.25) is 0 Å². The summed E-state index contributed by atoms with van der Waals surface area (Å²) in [6.07, 6.45) is -9.42. The lowest BCUT2D eigenvalue weighted by molar-refractivity contribution is -0.354. The number of benzene rings is 2. The molecule has 2 heterocycles. The molecule has 2 aliphatic rings. The molecule has 0 radical (unpaired) electrons. The Morgan fingerprint density at radius 3 is 2.12 bits per heavy atom. The summed E-state index contributed by atoms with van der Waals surface area (Å²) in [5.41, 5.74) is 1.00. The molecule has 0 aliphatic carbocycles. The smallest absolute Gasteiger partial charge is 0.331 e. The summed E-state index contributed by atoms with van der Waals surface area (Å²) in [7, 11) is 2.70. The average molecular weight is 681 g/mol. The van der Waals surface area contributed by atoms with E-state index in [1.807, 2.05) is 0 Å². The second kappa shape index (κ2) is 16.4. The molecule has 0 bridgehead atoms. The van der Waals surface area contributed by atoms with Crippen LogP contribution in [0.25, 0.3) is 12.2 Å². The summed E-state index contributed by atoms with van der Waals surface area (Å²) in [6.45, 7) is 0.631.